The normalized spacial score (nSPS) is 24.4. The highest BCUT2D eigenvalue weighted by Gasteiger charge is 2.35. The Bertz CT molecular complexity index is 935. The molecule has 0 amide bonds. The van der Waals surface area contributed by atoms with Crippen LogP contribution in [0.2, 0.25) is 0 Å². The van der Waals surface area contributed by atoms with E-state index in [1.165, 1.54) is 25.0 Å². The second-order valence-corrected chi connectivity index (χ2v) is 8.85. The molecule has 2 aromatic rings. The Kier molecular flexibility index (Phi) is 5.14. The van der Waals surface area contributed by atoms with Crippen LogP contribution < -0.4 is 10.3 Å². The molecule has 0 radical (unpaired) electrons. The summed E-state index contributed by atoms with van der Waals surface area (Å²) in [6.07, 6.45) is 5.48. The van der Waals surface area contributed by atoms with Crippen LogP contribution in [0.5, 0.6) is 5.88 Å². The van der Waals surface area contributed by atoms with Crippen molar-refractivity contribution in [3.63, 3.8) is 0 Å². The number of nitrogens with zero attached hydrogens (tertiary/aromatic N) is 4. The molecule has 29 heavy (non-hydrogen) atoms. The smallest absolute Gasteiger partial charge is 0.255 e. The van der Waals surface area contributed by atoms with Gasteiger partial charge in [0.05, 0.1) is 7.11 Å². The molecule has 5 heterocycles. The molecule has 2 bridgehead atoms. The van der Waals surface area contributed by atoms with E-state index >= 15 is 0 Å². The predicted octanol–water partition coefficient (Wildman–Crippen LogP) is 2.47. The van der Waals surface area contributed by atoms with Crippen LogP contribution >= 0.6 is 0 Å². The number of hydrogen-bond donors (Lipinski definition) is 0. The summed E-state index contributed by atoms with van der Waals surface area (Å²) in [5, 5.41) is 0. The van der Waals surface area contributed by atoms with Crippen molar-refractivity contribution >= 4 is 0 Å². The lowest BCUT2D eigenvalue weighted by Gasteiger charge is -2.43. The first-order valence-electron chi connectivity index (χ1n) is 10.9. The van der Waals surface area contributed by atoms with Crippen molar-refractivity contribution in [2.24, 2.45) is 5.92 Å². The highest BCUT2D eigenvalue weighted by molar-refractivity contribution is 5.26. The van der Waals surface area contributed by atoms with Gasteiger partial charge in [0.1, 0.15) is 0 Å². The van der Waals surface area contributed by atoms with Crippen LogP contribution in [0.25, 0.3) is 0 Å². The Morgan fingerprint density at radius 3 is 2.69 bits per heavy atom. The quantitative estimate of drug-likeness (QED) is 0.780. The molecule has 3 aliphatic heterocycles. The number of pyridine rings is 2. The third-order valence-corrected chi connectivity index (χ3v) is 6.79. The molecule has 6 heteroatoms. The van der Waals surface area contributed by atoms with Gasteiger partial charge in [0, 0.05) is 61.7 Å². The van der Waals surface area contributed by atoms with E-state index in [1.54, 1.807) is 13.3 Å². The zero-order valence-corrected chi connectivity index (χ0v) is 17.2. The first-order valence-corrected chi connectivity index (χ1v) is 10.9. The molecule has 0 saturated carbocycles. The van der Waals surface area contributed by atoms with Crippen LogP contribution in [0, 0.1) is 5.92 Å². The molecule has 0 N–H and O–H groups in total. The van der Waals surface area contributed by atoms with Crippen molar-refractivity contribution < 1.29 is 4.74 Å². The number of rotatable bonds is 5. The summed E-state index contributed by atoms with van der Waals surface area (Å²) in [5.74, 6) is 1.67. The van der Waals surface area contributed by atoms with Gasteiger partial charge in [-0.05, 0) is 50.4 Å². The molecule has 2 saturated heterocycles. The number of ether oxygens (including phenoxy) is 1. The van der Waals surface area contributed by atoms with Crippen molar-refractivity contribution in [2.45, 2.75) is 44.8 Å². The second-order valence-electron chi connectivity index (χ2n) is 8.85. The molecule has 0 aliphatic carbocycles. The lowest BCUT2D eigenvalue weighted by Crippen LogP contribution is -2.47. The van der Waals surface area contributed by atoms with Crippen LogP contribution in [0.4, 0.5) is 0 Å². The second kappa shape index (κ2) is 7.92. The van der Waals surface area contributed by atoms with Gasteiger partial charge in [-0.15, -0.1) is 0 Å². The molecule has 0 spiro atoms. The number of piperidine rings is 1. The summed E-state index contributed by atoms with van der Waals surface area (Å²) < 4.78 is 7.52. The summed E-state index contributed by atoms with van der Waals surface area (Å²) in [6.45, 7) is 6.76. The molecular formula is C23H30N4O2. The average molecular weight is 395 g/mol. The maximum atomic E-state index is 13.2. The fraction of sp³-hybridized carbons (Fsp3) is 0.565. The molecule has 2 fully saturated rings. The van der Waals surface area contributed by atoms with Crippen molar-refractivity contribution in [3.8, 4) is 5.88 Å². The number of aromatic nitrogens is 2. The fourth-order valence-corrected chi connectivity index (χ4v) is 5.49. The Balaban J connectivity index is 1.35. The first-order chi connectivity index (χ1) is 14.2. The SMILES string of the molecule is COc1ncccc1CN1C[C@@H]2C[C@H](C1)c1ccc(CN3CCCC3)c(=O)n1C2. The first kappa shape index (κ1) is 18.8. The minimum atomic E-state index is 0.242. The lowest BCUT2D eigenvalue weighted by molar-refractivity contribution is 0.113. The van der Waals surface area contributed by atoms with E-state index in [4.69, 9.17) is 4.74 Å². The van der Waals surface area contributed by atoms with Crippen molar-refractivity contribution in [3.05, 3.63) is 57.6 Å². The highest BCUT2D eigenvalue weighted by Crippen LogP contribution is 2.36. The summed E-state index contributed by atoms with van der Waals surface area (Å²) in [5.41, 5.74) is 3.56. The Morgan fingerprint density at radius 1 is 1.03 bits per heavy atom. The van der Waals surface area contributed by atoms with Crippen molar-refractivity contribution in [2.75, 3.05) is 33.3 Å². The summed E-state index contributed by atoms with van der Waals surface area (Å²) in [6, 6.07) is 8.39. The van der Waals surface area contributed by atoms with Gasteiger partial charge in [-0.25, -0.2) is 4.98 Å². The summed E-state index contributed by atoms with van der Waals surface area (Å²) in [4.78, 5) is 22.4. The minimum Gasteiger partial charge on any atom is -0.481 e. The highest BCUT2D eigenvalue weighted by atomic mass is 16.5. The standard InChI is InChI=1S/C23H30N4O2/c1-29-22-18(5-4-8-24-22)14-26-12-17-11-20(16-26)21-7-6-19(23(28)27(21)13-17)15-25-9-2-3-10-25/h4-8,17,20H,2-3,9-16H2,1H3/t17-,20+/m0/s1. The van der Waals surface area contributed by atoms with Crippen LogP contribution in [0.15, 0.2) is 35.3 Å². The third kappa shape index (κ3) is 3.71. The predicted molar refractivity (Wildman–Crippen MR) is 112 cm³/mol. The maximum Gasteiger partial charge on any atom is 0.255 e. The zero-order chi connectivity index (χ0) is 19.8. The Hall–Kier alpha value is -2.18. The molecule has 0 aromatic carbocycles. The molecule has 0 unspecified atom stereocenters. The molecule has 2 atom stereocenters. The molecule has 3 aliphatic rings. The minimum absolute atomic E-state index is 0.242. The van der Waals surface area contributed by atoms with E-state index in [0.717, 1.165) is 56.9 Å². The zero-order valence-electron chi connectivity index (χ0n) is 17.2. The topological polar surface area (TPSA) is 50.6 Å². The van der Waals surface area contributed by atoms with Gasteiger partial charge in [0.2, 0.25) is 5.88 Å². The summed E-state index contributed by atoms with van der Waals surface area (Å²) in [7, 11) is 1.68. The molecule has 154 valence electrons. The Labute approximate surface area is 172 Å². The van der Waals surface area contributed by atoms with Gasteiger partial charge in [-0.2, -0.15) is 0 Å². The molecule has 6 nitrogen and oxygen atoms in total. The van der Waals surface area contributed by atoms with Gasteiger partial charge in [0.15, 0.2) is 0 Å². The van der Waals surface area contributed by atoms with Crippen LogP contribution in [0.3, 0.4) is 0 Å². The van der Waals surface area contributed by atoms with Crippen LogP contribution in [-0.2, 0) is 19.6 Å². The van der Waals surface area contributed by atoms with Gasteiger partial charge in [-0.1, -0.05) is 12.1 Å². The summed E-state index contributed by atoms with van der Waals surface area (Å²) >= 11 is 0. The number of likely N-dealkylation sites (tertiary alicyclic amines) is 2. The van der Waals surface area contributed by atoms with Gasteiger partial charge in [0.25, 0.3) is 5.56 Å². The number of methoxy groups -OCH3 is 1. The van der Waals surface area contributed by atoms with E-state index in [2.05, 4.69) is 37.5 Å². The fourth-order valence-electron chi connectivity index (χ4n) is 5.49. The van der Waals surface area contributed by atoms with Crippen LogP contribution in [0.1, 0.15) is 42.0 Å². The van der Waals surface area contributed by atoms with Crippen LogP contribution in [-0.4, -0.2) is 52.6 Å². The van der Waals surface area contributed by atoms with E-state index < -0.39 is 0 Å². The van der Waals surface area contributed by atoms with Gasteiger partial charge < -0.3 is 9.30 Å². The van der Waals surface area contributed by atoms with Gasteiger partial charge >= 0.3 is 0 Å². The average Bonchev–Trinajstić information content (AvgIpc) is 3.24. The Morgan fingerprint density at radius 2 is 1.86 bits per heavy atom. The van der Waals surface area contributed by atoms with E-state index in [-0.39, 0.29) is 5.56 Å². The van der Waals surface area contributed by atoms with Crippen molar-refractivity contribution in [1.29, 1.82) is 0 Å². The third-order valence-electron chi connectivity index (χ3n) is 6.79. The number of hydrogen-bond acceptors (Lipinski definition) is 5. The maximum absolute atomic E-state index is 13.2. The van der Waals surface area contributed by atoms with E-state index in [0.29, 0.717) is 17.7 Å². The van der Waals surface area contributed by atoms with Crippen molar-refractivity contribution in [1.82, 2.24) is 19.4 Å². The molecular weight excluding hydrogens is 364 g/mol. The lowest BCUT2D eigenvalue weighted by atomic mass is 9.83. The number of fused-ring (bicyclic) bond motifs is 4. The molecule has 2 aromatic heterocycles. The largest absolute Gasteiger partial charge is 0.481 e. The monoisotopic (exact) mass is 394 g/mol. The van der Waals surface area contributed by atoms with E-state index in [1.807, 2.05) is 6.07 Å². The van der Waals surface area contributed by atoms with Gasteiger partial charge in [-0.3, -0.25) is 14.6 Å². The molecule has 5 rings (SSSR count). The van der Waals surface area contributed by atoms with E-state index in [9.17, 15) is 4.79 Å².